The van der Waals surface area contributed by atoms with E-state index in [1.807, 2.05) is 17.5 Å². The van der Waals surface area contributed by atoms with E-state index in [4.69, 9.17) is 5.11 Å². The third kappa shape index (κ3) is 3.46. The molecule has 0 radical (unpaired) electrons. The molecule has 1 fully saturated rings. The van der Waals surface area contributed by atoms with Crippen LogP contribution < -0.4 is 10.6 Å². The van der Waals surface area contributed by atoms with E-state index in [9.17, 15) is 9.59 Å². The van der Waals surface area contributed by atoms with Gasteiger partial charge < -0.3 is 15.7 Å². The van der Waals surface area contributed by atoms with Gasteiger partial charge in [-0.15, -0.1) is 11.3 Å². The summed E-state index contributed by atoms with van der Waals surface area (Å²) in [5, 5.41) is 16.4. The minimum atomic E-state index is -0.765. The summed E-state index contributed by atoms with van der Waals surface area (Å²) < 4.78 is 0. The van der Waals surface area contributed by atoms with Gasteiger partial charge in [0, 0.05) is 10.9 Å². The highest BCUT2D eigenvalue weighted by molar-refractivity contribution is 7.09. The van der Waals surface area contributed by atoms with Crippen LogP contribution in [0.2, 0.25) is 0 Å². The molecular weight excluding hydrogens is 252 g/mol. The van der Waals surface area contributed by atoms with E-state index in [1.165, 1.54) is 0 Å². The highest BCUT2D eigenvalue weighted by Gasteiger charge is 2.30. The van der Waals surface area contributed by atoms with Crippen LogP contribution >= 0.6 is 11.3 Å². The van der Waals surface area contributed by atoms with Gasteiger partial charge in [-0.1, -0.05) is 6.07 Å². The van der Waals surface area contributed by atoms with Crippen LogP contribution in [-0.4, -0.2) is 23.1 Å². The molecule has 6 heteroatoms. The fourth-order valence-electron chi connectivity index (χ4n) is 2.15. The second-order valence-corrected chi connectivity index (χ2v) is 5.48. The minimum Gasteiger partial charge on any atom is -0.481 e. The lowest BCUT2D eigenvalue weighted by Crippen LogP contribution is -2.40. The maximum Gasteiger partial charge on any atom is 0.315 e. The Labute approximate surface area is 109 Å². The molecule has 1 aromatic heterocycles. The van der Waals surface area contributed by atoms with Crippen molar-refractivity contribution >= 4 is 23.3 Å². The first-order valence-electron chi connectivity index (χ1n) is 5.94. The fourth-order valence-corrected chi connectivity index (χ4v) is 2.80. The van der Waals surface area contributed by atoms with Crippen LogP contribution in [0.5, 0.6) is 0 Å². The van der Waals surface area contributed by atoms with E-state index in [2.05, 4.69) is 10.6 Å². The summed E-state index contributed by atoms with van der Waals surface area (Å²) in [6.45, 7) is 0.512. The van der Waals surface area contributed by atoms with Crippen molar-refractivity contribution in [1.29, 1.82) is 0 Å². The van der Waals surface area contributed by atoms with Crippen LogP contribution in [0.15, 0.2) is 17.5 Å². The van der Waals surface area contributed by atoms with Crippen molar-refractivity contribution < 1.29 is 14.7 Å². The third-order valence-electron chi connectivity index (χ3n) is 3.12. The average molecular weight is 268 g/mol. The number of hydrogen-bond donors (Lipinski definition) is 3. The Morgan fingerprint density at radius 3 is 2.89 bits per heavy atom. The first-order valence-corrected chi connectivity index (χ1v) is 6.82. The van der Waals surface area contributed by atoms with E-state index in [-0.39, 0.29) is 18.0 Å². The van der Waals surface area contributed by atoms with Crippen molar-refractivity contribution in [3.8, 4) is 0 Å². The average Bonchev–Trinajstić information content (AvgIpc) is 2.96. The van der Waals surface area contributed by atoms with Gasteiger partial charge in [-0.3, -0.25) is 4.79 Å². The van der Waals surface area contributed by atoms with Crippen molar-refractivity contribution in [2.24, 2.45) is 5.92 Å². The number of nitrogens with one attached hydrogen (secondary N) is 2. The van der Waals surface area contributed by atoms with E-state index in [0.717, 1.165) is 11.3 Å². The molecular formula is C12H16N2O3S. The van der Waals surface area contributed by atoms with Gasteiger partial charge in [-0.05, 0) is 30.7 Å². The molecule has 1 aliphatic carbocycles. The number of carboxylic acid groups (broad SMARTS) is 1. The van der Waals surface area contributed by atoms with Gasteiger partial charge >= 0.3 is 12.0 Å². The zero-order chi connectivity index (χ0) is 13.0. The summed E-state index contributed by atoms with van der Waals surface area (Å²) in [4.78, 5) is 23.5. The molecule has 5 nitrogen and oxygen atoms in total. The molecule has 0 aromatic carbocycles. The summed E-state index contributed by atoms with van der Waals surface area (Å²) in [5.74, 6) is -1.08. The first-order chi connectivity index (χ1) is 8.65. The molecule has 1 aliphatic rings. The molecule has 0 aliphatic heterocycles. The molecule has 0 spiro atoms. The van der Waals surface area contributed by atoms with Gasteiger partial charge in [0.1, 0.15) is 0 Å². The maximum absolute atomic E-state index is 11.6. The highest BCUT2D eigenvalue weighted by atomic mass is 32.1. The van der Waals surface area contributed by atoms with Gasteiger partial charge in [0.15, 0.2) is 0 Å². The Bertz CT molecular complexity index is 419. The van der Waals surface area contributed by atoms with E-state index >= 15 is 0 Å². The molecule has 2 amide bonds. The third-order valence-corrected chi connectivity index (χ3v) is 4.00. The quantitative estimate of drug-likeness (QED) is 0.779. The Hall–Kier alpha value is -1.56. The van der Waals surface area contributed by atoms with Crippen LogP contribution in [0.25, 0.3) is 0 Å². The predicted octanol–water partition coefficient (Wildman–Crippen LogP) is 1.80. The number of thiophene rings is 1. The Kier molecular flexibility index (Phi) is 4.19. The van der Waals surface area contributed by atoms with Crippen molar-refractivity contribution in [3.63, 3.8) is 0 Å². The van der Waals surface area contributed by atoms with Gasteiger partial charge in [0.25, 0.3) is 0 Å². The summed E-state index contributed by atoms with van der Waals surface area (Å²) in [5.41, 5.74) is 0. The maximum atomic E-state index is 11.6. The zero-order valence-electron chi connectivity index (χ0n) is 9.89. The van der Waals surface area contributed by atoms with Crippen LogP contribution in [0.4, 0.5) is 4.79 Å². The minimum absolute atomic E-state index is 0.0190. The number of amides is 2. The second kappa shape index (κ2) is 5.86. The van der Waals surface area contributed by atoms with Crippen LogP contribution in [0.3, 0.4) is 0 Å². The molecule has 0 bridgehead atoms. The molecule has 1 saturated carbocycles. The fraction of sp³-hybridized carbons (Fsp3) is 0.500. The number of hydrogen-bond acceptors (Lipinski definition) is 3. The number of rotatable bonds is 4. The molecule has 1 heterocycles. The lowest BCUT2D eigenvalue weighted by molar-refractivity contribution is -0.141. The van der Waals surface area contributed by atoms with Crippen molar-refractivity contribution in [2.75, 3.05) is 0 Å². The number of aliphatic carboxylic acids is 1. The number of carbonyl (C=O) groups excluding carboxylic acids is 1. The number of carboxylic acids is 1. The van der Waals surface area contributed by atoms with Crippen molar-refractivity contribution in [3.05, 3.63) is 22.4 Å². The van der Waals surface area contributed by atoms with Crippen LogP contribution in [0, 0.1) is 5.92 Å². The van der Waals surface area contributed by atoms with Crippen molar-refractivity contribution in [1.82, 2.24) is 10.6 Å². The van der Waals surface area contributed by atoms with Crippen LogP contribution in [0.1, 0.15) is 24.1 Å². The molecule has 18 heavy (non-hydrogen) atoms. The molecule has 98 valence electrons. The van der Waals surface area contributed by atoms with E-state index in [1.54, 1.807) is 11.3 Å². The number of urea groups is 1. The Morgan fingerprint density at radius 1 is 1.44 bits per heavy atom. The summed E-state index contributed by atoms with van der Waals surface area (Å²) >= 11 is 1.59. The lowest BCUT2D eigenvalue weighted by atomic mass is 10.1. The first kappa shape index (κ1) is 12.9. The lowest BCUT2D eigenvalue weighted by Gasteiger charge is -2.13. The Morgan fingerprint density at radius 2 is 2.28 bits per heavy atom. The molecule has 1 aromatic rings. The number of carbonyl (C=O) groups is 2. The summed E-state index contributed by atoms with van der Waals surface area (Å²) in [6, 6.07) is 3.66. The predicted molar refractivity (Wildman–Crippen MR) is 68.5 cm³/mol. The SMILES string of the molecule is O=C(NCc1cccs1)NC1CCC(C(=O)O)C1. The zero-order valence-corrected chi connectivity index (χ0v) is 10.7. The largest absolute Gasteiger partial charge is 0.481 e. The Balaban J connectivity index is 1.70. The summed E-state index contributed by atoms with van der Waals surface area (Å²) in [6.07, 6.45) is 1.91. The van der Waals surface area contributed by atoms with Gasteiger partial charge in [0.2, 0.25) is 0 Å². The highest BCUT2D eigenvalue weighted by Crippen LogP contribution is 2.25. The standard InChI is InChI=1S/C12H16N2O3S/c15-11(16)8-3-4-9(6-8)14-12(17)13-7-10-2-1-5-18-10/h1-2,5,8-9H,3-4,6-7H2,(H,15,16)(H2,13,14,17). The van der Waals surface area contributed by atoms with Gasteiger partial charge in [0.05, 0.1) is 12.5 Å². The molecule has 2 unspecified atom stereocenters. The molecule has 2 rings (SSSR count). The molecule has 3 N–H and O–H groups in total. The summed E-state index contributed by atoms with van der Waals surface area (Å²) in [7, 11) is 0. The van der Waals surface area contributed by atoms with Gasteiger partial charge in [-0.2, -0.15) is 0 Å². The monoisotopic (exact) mass is 268 g/mol. The van der Waals surface area contributed by atoms with E-state index in [0.29, 0.717) is 19.4 Å². The second-order valence-electron chi connectivity index (χ2n) is 4.45. The molecule has 2 atom stereocenters. The topological polar surface area (TPSA) is 78.4 Å². The van der Waals surface area contributed by atoms with Gasteiger partial charge in [-0.25, -0.2) is 4.79 Å². The smallest absolute Gasteiger partial charge is 0.315 e. The molecule has 0 saturated heterocycles. The normalized spacial score (nSPS) is 22.7. The van der Waals surface area contributed by atoms with E-state index < -0.39 is 5.97 Å². The van der Waals surface area contributed by atoms with Crippen LogP contribution in [-0.2, 0) is 11.3 Å². The van der Waals surface area contributed by atoms with Crippen molar-refractivity contribution in [2.45, 2.75) is 31.8 Å².